The Kier molecular flexibility index (Phi) is 7.60. The number of ether oxygens (including phenoxy) is 1. The van der Waals surface area contributed by atoms with Crippen molar-refractivity contribution in [2.75, 3.05) is 17.7 Å². The summed E-state index contributed by atoms with van der Waals surface area (Å²) in [5.74, 6) is -0.0405. The van der Waals surface area contributed by atoms with Gasteiger partial charge in [0, 0.05) is 11.1 Å². The first kappa shape index (κ1) is 22.8. The van der Waals surface area contributed by atoms with Gasteiger partial charge in [-0.05, 0) is 42.4 Å². The molecule has 2 aromatic heterocycles. The van der Waals surface area contributed by atoms with Crippen LogP contribution in [-0.4, -0.2) is 28.0 Å². The van der Waals surface area contributed by atoms with Crippen molar-refractivity contribution in [3.05, 3.63) is 61.5 Å². The Morgan fingerprint density at radius 2 is 1.97 bits per heavy atom. The number of methoxy groups -OCH3 is 1. The van der Waals surface area contributed by atoms with E-state index in [1.54, 1.807) is 29.1 Å². The molecule has 0 fully saturated rings. The number of carbonyl (C=O) groups excluding carboxylic acids is 1. The first-order valence-electron chi connectivity index (χ1n) is 8.76. The number of carbonyl (C=O) groups is 1. The summed E-state index contributed by atoms with van der Waals surface area (Å²) in [6, 6.07) is 7.15. The molecule has 1 aromatic carbocycles. The molecule has 0 radical (unpaired) electrons. The van der Waals surface area contributed by atoms with Crippen molar-refractivity contribution >= 4 is 80.3 Å². The van der Waals surface area contributed by atoms with Gasteiger partial charge in [0.05, 0.1) is 29.3 Å². The quantitative estimate of drug-likeness (QED) is 0.312. The fourth-order valence-electron chi connectivity index (χ4n) is 2.60. The van der Waals surface area contributed by atoms with Crippen LogP contribution in [0.3, 0.4) is 0 Å². The van der Waals surface area contributed by atoms with Gasteiger partial charge in [-0.2, -0.15) is 5.10 Å². The molecule has 0 aliphatic rings. The van der Waals surface area contributed by atoms with Crippen LogP contribution in [0.15, 0.2) is 30.5 Å². The number of halogens is 3. The van der Waals surface area contributed by atoms with Crippen LogP contribution in [0.5, 0.6) is 0 Å². The third-order valence-corrected chi connectivity index (χ3v) is 6.46. The standard InChI is InChI=1S/C19H17Cl3N4O2S2/c1-3-11-7-12(18(27)28-2)17(30-11)24-19(29)23-16-15(22)9-26(25-16)8-10-4-5-13(20)14(21)6-10/h4-7,9H,3,8H2,1-2H3,(H2,23,24,25,29). The molecule has 0 aliphatic heterocycles. The minimum Gasteiger partial charge on any atom is -0.465 e. The fraction of sp³-hybridized carbons (Fsp3) is 0.211. The number of rotatable bonds is 6. The second-order valence-electron chi connectivity index (χ2n) is 6.15. The average molecular weight is 504 g/mol. The first-order valence-corrected chi connectivity index (χ1v) is 11.1. The number of nitrogens with one attached hydrogen (secondary N) is 2. The Balaban J connectivity index is 1.71. The molecule has 2 heterocycles. The molecule has 30 heavy (non-hydrogen) atoms. The number of esters is 1. The third kappa shape index (κ3) is 5.44. The number of anilines is 2. The van der Waals surface area contributed by atoms with Crippen molar-refractivity contribution in [2.24, 2.45) is 0 Å². The Hall–Kier alpha value is -1.84. The first-order chi connectivity index (χ1) is 14.3. The summed E-state index contributed by atoms with van der Waals surface area (Å²) in [5, 5.41) is 12.6. The van der Waals surface area contributed by atoms with E-state index in [0.717, 1.165) is 16.9 Å². The van der Waals surface area contributed by atoms with Gasteiger partial charge in [0.25, 0.3) is 0 Å². The lowest BCUT2D eigenvalue weighted by atomic mass is 10.2. The molecule has 0 spiro atoms. The highest BCUT2D eigenvalue weighted by molar-refractivity contribution is 7.80. The number of thiocarbonyl (C=S) groups is 1. The van der Waals surface area contributed by atoms with Gasteiger partial charge >= 0.3 is 5.97 Å². The van der Waals surface area contributed by atoms with Crippen molar-refractivity contribution in [3.63, 3.8) is 0 Å². The van der Waals surface area contributed by atoms with Crippen LogP contribution in [0.4, 0.5) is 10.8 Å². The molecule has 0 saturated heterocycles. The largest absolute Gasteiger partial charge is 0.465 e. The lowest BCUT2D eigenvalue weighted by Gasteiger charge is -2.09. The van der Waals surface area contributed by atoms with Crippen LogP contribution in [0.1, 0.15) is 27.7 Å². The predicted molar refractivity (Wildman–Crippen MR) is 128 cm³/mol. The van der Waals surface area contributed by atoms with Crippen molar-refractivity contribution in [1.29, 1.82) is 0 Å². The molecule has 3 aromatic rings. The smallest absolute Gasteiger partial charge is 0.340 e. The van der Waals surface area contributed by atoms with Crippen LogP contribution < -0.4 is 10.6 Å². The summed E-state index contributed by atoms with van der Waals surface area (Å²) in [7, 11) is 1.34. The van der Waals surface area contributed by atoms with E-state index in [-0.39, 0.29) is 5.11 Å². The van der Waals surface area contributed by atoms with Crippen molar-refractivity contribution < 1.29 is 9.53 Å². The van der Waals surface area contributed by atoms with E-state index >= 15 is 0 Å². The highest BCUT2D eigenvalue weighted by Crippen LogP contribution is 2.30. The lowest BCUT2D eigenvalue weighted by molar-refractivity contribution is 0.0602. The molecular formula is C19H17Cl3N4O2S2. The van der Waals surface area contributed by atoms with Crippen molar-refractivity contribution in [2.45, 2.75) is 19.9 Å². The number of nitrogens with zero attached hydrogens (tertiary/aromatic N) is 2. The number of benzene rings is 1. The molecule has 0 bridgehead atoms. The van der Waals surface area contributed by atoms with Gasteiger partial charge in [-0.3, -0.25) is 4.68 Å². The lowest BCUT2D eigenvalue weighted by Crippen LogP contribution is -2.20. The average Bonchev–Trinajstić information content (AvgIpc) is 3.27. The SMILES string of the molecule is CCc1cc(C(=O)OC)c(NC(=S)Nc2nn(Cc3ccc(Cl)c(Cl)c3)cc2Cl)s1. The van der Waals surface area contributed by atoms with Crippen LogP contribution in [-0.2, 0) is 17.7 Å². The van der Waals surface area contributed by atoms with E-state index < -0.39 is 5.97 Å². The van der Waals surface area contributed by atoms with Gasteiger partial charge in [-0.1, -0.05) is 47.8 Å². The summed E-state index contributed by atoms with van der Waals surface area (Å²) in [6.45, 7) is 2.46. The summed E-state index contributed by atoms with van der Waals surface area (Å²) in [5.41, 5.74) is 1.35. The third-order valence-electron chi connectivity index (χ3n) is 4.04. The van der Waals surface area contributed by atoms with Crippen molar-refractivity contribution in [3.8, 4) is 0 Å². The summed E-state index contributed by atoms with van der Waals surface area (Å²) >= 11 is 25.1. The Bertz CT molecular complexity index is 1100. The number of hydrogen-bond donors (Lipinski definition) is 2. The molecule has 0 atom stereocenters. The summed E-state index contributed by atoms with van der Waals surface area (Å²) in [6.07, 6.45) is 2.47. The zero-order valence-corrected chi connectivity index (χ0v) is 19.9. The molecule has 3 rings (SSSR count). The van der Waals surface area contributed by atoms with Gasteiger partial charge in [0.2, 0.25) is 0 Å². The molecule has 2 N–H and O–H groups in total. The summed E-state index contributed by atoms with van der Waals surface area (Å²) < 4.78 is 6.50. The monoisotopic (exact) mass is 502 g/mol. The highest BCUT2D eigenvalue weighted by Gasteiger charge is 2.18. The maximum absolute atomic E-state index is 12.0. The topological polar surface area (TPSA) is 68.2 Å². The zero-order chi connectivity index (χ0) is 21.8. The van der Waals surface area contributed by atoms with Gasteiger partial charge in [0.15, 0.2) is 10.9 Å². The van der Waals surface area contributed by atoms with E-state index in [0.29, 0.717) is 38.0 Å². The Labute approximate surface area is 198 Å². The van der Waals surface area contributed by atoms with Crippen LogP contribution in [0.2, 0.25) is 15.1 Å². The molecule has 0 amide bonds. The molecule has 158 valence electrons. The predicted octanol–water partition coefficient (Wildman–Crippen LogP) is 6.11. The van der Waals surface area contributed by atoms with Crippen LogP contribution in [0.25, 0.3) is 0 Å². The van der Waals surface area contributed by atoms with E-state index in [4.69, 9.17) is 51.8 Å². The van der Waals surface area contributed by atoms with Gasteiger partial charge in [-0.25, -0.2) is 4.79 Å². The van der Waals surface area contributed by atoms with Gasteiger partial charge < -0.3 is 15.4 Å². The number of hydrogen-bond acceptors (Lipinski definition) is 5. The minimum atomic E-state index is -0.430. The van der Waals surface area contributed by atoms with Crippen LogP contribution >= 0.6 is 58.4 Å². The second kappa shape index (κ2) is 9.98. The highest BCUT2D eigenvalue weighted by atomic mass is 35.5. The number of thiophene rings is 1. The van der Waals surface area contributed by atoms with Crippen LogP contribution in [0, 0.1) is 0 Å². The second-order valence-corrected chi connectivity index (χ2v) is 8.92. The Morgan fingerprint density at radius 3 is 2.63 bits per heavy atom. The van der Waals surface area contributed by atoms with Gasteiger partial charge in [-0.15, -0.1) is 11.3 Å². The van der Waals surface area contributed by atoms with E-state index in [1.807, 2.05) is 13.0 Å². The molecule has 0 aliphatic carbocycles. The van der Waals surface area contributed by atoms with E-state index in [9.17, 15) is 4.79 Å². The summed E-state index contributed by atoms with van der Waals surface area (Å²) in [4.78, 5) is 13.0. The van der Waals surface area contributed by atoms with Crippen molar-refractivity contribution in [1.82, 2.24) is 9.78 Å². The number of aromatic nitrogens is 2. The van der Waals surface area contributed by atoms with Gasteiger partial charge in [0.1, 0.15) is 10.0 Å². The van der Waals surface area contributed by atoms with E-state index in [1.165, 1.54) is 18.4 Å². The molecular weight excluding hydrogens is 487 g/mol. The van der Waals surface area contributed by atoms with E-state index in [2.05, 4.69) is 15.7 Å². The minimum absolute atomic E-state index is 0.256. The molecule has 11 heteroatoms. The molecule has 0 saturated carbocycles. The molecule has 6 nitrogen and oxygen atoms in total. The maximum atomic E-state index is 12.0. The maximum Gasteiger partial charge on any atom is 0.340 e. The zero-order valence-electron chi connectivity index (χ0n) is 16.0. The Morgan fingerprint density at radius 1 is 1.20 bits per heavy atom. The number of aryl methyl sites for hydroxylation is 1. The molecule has 0 unspecified atom stereocenters. The normalized spacial score (nSPS) is 10.7. The fourth-order valence-corrected chi connectivity index (χ4v) is 4.37.